The average molecular weight is 415 g/mol. The number of nitrogens with one attached hydrogen (secondary N) is 1. The molecule has 2 aliphatic rings. The lowest BCUT2D eigenvalue weighted by Gasteiger charge is -2.38. The van der Waals surface area contributed by atoms with Crippen LogP contribution in [0.3, 0.4) is 0 Å². The molecule has 7 heteroatoms. The minimum atomic E-state index is -0.392. The Morgan fingerprint density at radius 3 is 2.33 bits per heavy atom. The predicted molar refractivity (Wildman–Crippen MR) is 116 cm³/mol. The van der Waals surface area contributed by atoms with Crippen molar-refractivity contribution in [1.82, 2.24) is 14.8 Å². The molecule has 1 unspecified atom stereocenters. The molecule has 3 heterocycles. The number of anilines is 1. The molecule has 2 aliphatic heterocycles. The summed E-state index contributed by atoms with van der Waals surface area (Å²) in [6, 6.07) is 5.53. The summed E-state index contributed by atoms with van der Waals surface area (Å²) in [6.45, 7) is 10.1. The number of likely N-dealkylation sites (tertiary alicyclic amines) is 2. The normalized spacial score (nSPS) is 20.7. The van der Waals surface area contributed by atoms with Crippen LogP contribution in [0.2, 0.25) is 0 Å². The maximum Gasteiger partial charge on any atom is 0.230 e. The third-order valence-electron chi connectivity index (χ3n) is 6.02. The highest BCUT2D eigenvalue weighted by Gasteiger charge is 2.36. The number of carbonyl (C=O) groups is 3. The predicted octanol–water partition coefficient (Wildman–Crippen LogP) is 2.85. The third-order valence-corrected chi connectivity index (χ3v) is 6.02. The van der Waals surface area contributed by atoms with Gasteiger partial charge in [-0.1, -0.05) is 26.8 Å². The van der Waals surface area contributed by atoms with Gasteiger partial charge in [-0.25, -0.2) is 4.98 Å². The van der Waals surface area contributed by atoms with Crippen molar-refractivity contribution in [3.63, 3.8) is 0 Å². The average Bonchev–Trinajstić information content (AvgIpc) is 2.72. The van der Waals surface area contributed by atoms with Crippen LogP contribution in [-0.4, -0.2) is 58.7 Å². The number of nitrogens with zero attached hydrogens (tertiary/aromatic N) is 3. The Balaban J connectivity index is 1.53. The van der Waals surface area contributed by atoms with E-state index in [4.69, 9.17) is 0 Å². The number of carbonyl (C=O) groups excluding carboxylic acids is 3. The Bertz CT molecular complexity index is 794. The first-order valence-corrected chi connectivity index (χ1v) is 11.0. The lowest BCUT2D eigenvalue weighted by molar-refractivity contribution is -0.146. The molecule has 2 saturated heterocycles. The van der Waals surface area contributed by atoms with Gasteiger partial charge in [-0.05, 0) is 44.7 Å². The van der Waals surface area contributed by atoms with Gasteiger partial charge in [-0.2, -0.15) is 0 Å². The first kappa shape index (κ1) is 22.2. The fraction of sp³-hybridized carbons (Fsp3) is 0.652. The summed E-state index contributed by atoms with van der Waals surface area (Å²) in [5.74, 6) is 0.481. The topological polar surface area (TPSA) is 82.6 Å². The second-order valence-corrected chi connectivity index (χ2v) is 9.59. The second-order valence-electron chi connectivity index (χ2n) is 9.59. The van der Waals surface area contributed by atoms with Gasteiger partial charge in [0, 0.05) is 43.2 Å². The number of pyridine rings is 1. The molecule has 1 N–H and O–H groups in total. The molecule has 3 rings (SSSR count). The molecule has 1 aromatic rings. The summed E-state index contributed by atoms with van der Waals surface area (Å²) in [5.41, 5.74) is 0.459. The van der Waals surface area contributed by atoms with Crippen LogP contribution in [0.25, 0.3) is 0 Å². The molecular weight excluding hydrogens is 380 g/mol. The van der Waals surface area contributed by atoms with Gasteiger partial charge in [0.2, 0.25) is 17.7 Å². The van der Waals surface area contributed by atoms with E-state index in [1.165, 1.54) is 0 Å². The van der Waals surface area contributed by atoms with Gasteiger partial charge in [0.1, 0.15) is 5.82 Å². The molecule has 0 bridgehead atoms. The zero-order chi connectivity index (χ0) is 21.9. The fourth-order valence-corrected chi connectivity index (χ4v) is 4.29. The van der Waals surface area contributed by atoms with Crippen molar-refractivity contribution in [2.45, 2.75) is 53.4 Å². The van der Waals surface area contributed by atoms with Crippen molar-refractivity contribution in [1.29, 1.82) is 0 Å². The largest absolute Gasteiger partial charge is 0.342 e. The summed E-state index contributed by atoms with van der Waals surface area (Å²) in [6.07, 6.45) is 2.99. The number of amides is 3. The number of hydrogen-bond donors (Lipinski definition) is 1. The van der Waals surface area contributed by atoms with Crippen molar-refractivity contribution in [2.75, 3.05) is 31.5 Å². The summed E-state index contributed by atoms with van der Waals surface area (Å²) < 4.78 is 0. The molecule has 0 saturated carbocycles. The summed E-state index contributed by atoms with van der Waals surface area (Å²) in [7, 11) is 0. The molecule has 0 aliphatic carbocycles. The monoisotopic (exact) mass is 414 g/mol. The van der Waals surface area contributed by atoms with E-state index < -0.39 is 5.41 Å². The third kappa shape index (κ3) is 5.37. The van der Waals surface area contributed by atoms with Crippen molar-refractivity contribution in [3.8, 4) is 0 Å². The zero-order valence-corrected chi connectivity index (χ0v) is 18.6. The van der Waals surface area contributed by atoms with Crippen LogP contribution in [0.15, 0.2) is 18.2 Å². The Hall–Kier alpha value is -2.44. The molecule has 1 atom stereocenters. The molecule has 0 aromatic carbocycles. The van der Waals surface area contributed by atoms with Crippen molar-refractivity contribution in [2.24, 2.45) is 17.3 Å². The van der Waals surface area contributed by atoms with Crippen molar-refractivity contribution < 1.29 is 14.4 Å². The highest BCUT2D eigenvalue weighted by atomic mass is 16.2. The lowest BCUT2D eigenvalue weighted by atomic mass is 9.89. The molecule has 164 valence electrons. The molecule has 3 amide bonds. The molecule has 0 radical (unpaired) electrons. The van der Waals surface area contributed by atoms with Crippen LogP contribution in [0, 0.1) is 24.2 Å². The first-order chi connectivity index (χ1) is 14.1. The quantitative estimate of drug-likeness (QED) is 0.824. The van der Waals surface area contributed by atoms with E-state index >= 15 is 0 Å². The fourth-order valence-electron chi connectivity index (χ4n) is 4.29. The number of piperidine rings is 2. The van der Waals surface area contributed by atoms with Crippen LogP contribution < -0.4 is 5.32 Å². The Labute approximate surface area is 179 Å². The van der Waals surface area contributed by atoms with Crippen LogP contribution in [0.1, 0.15) is 52.1 Å². The summed E-state index contributed by atoms with van der Waals surface area (Å²) >= 11 is 0. The smallest absolute Gasteiger partial charge is 0.230 e. The molecule has 1 aromatic heterocycles. The number of hydrogen-bond acceptors (Lipinski definition) is 4. The molecule has 7 nitrogen and oxygen atoms in total. The standard InChI is InChI=1S/C23H34N4O3/c1-16-7-5-9-19(24-16)25-20(28)18-8-6-12-27(15-18)21(29)17-10-13-26(14-11-17)22(30)23(2,3)4/h5,7,9,17-18H,6,8,10-15H2,1-4H3,(H,24,25,28). The molecular formula is C23H34N4O3. The Morgan fingerprint density at radius 1 is 1.00 bits per heavy atom. The molecule has 30 heavy (non-hydrogen) atoms. The van der Waals surface area contributed by atoms with E-state index in [2.05, 4.69) is 10.3 Å². The number of rotatable bonds is 3. The van der Waals surface area contributed by atoms with E-state index in [9.17, 15) is 14.4 Å². The second kappa shape index (κ2) is 9.14. The zero-order valence-electron chi connectivity index (χ0n) is 18.6. The minimum absolute atomic E-state index is 0.0609. The maximum atomic E-state index is 13.1. The highest BCUT2D eigenvalue weighted by molar-refractivity contribution is 5.92. The number of aromatic nitrogens is 1. The SMILES string of the molecule is Cc1cccc(NC(=O)C2CCCN(C(=O)C3CCN(C(=O)C(C)(C)C)CC3)C2)n1. The van der Waals surface area contributed by atoms with E-state index in [1.54, 1.807) is 6.07 Å². The van der Waals surface area contributed by atoms with Gasteiger partial charge in [-0.3, -0.25) is 14.4 Å². The van der Waals surface area contributed by atoms with Crippen LogP contribution >= 0.6 is 0 Å². The Kier molecular flexibility index (Phi) is 6.78. The summed E-state index contributed by atoms with van der Waals surface area (Å²) in [4.78, 5) is 46.3. The Morgan fingerprint density at radius 2 is 1.70 bits per heavy atom. The van der Waals surface area contributed by atoms with Crippen LogP contribution in [0.4, 0.5) is 5.82 Å². The molecule has 2 fully saturated rings. The van der Waals surface area contributed by atoms with E-state index in [0.717, 1.165) is 18.5 Å². The van der Waals surface area contributed by atoms with Gasteiger partial charge in [0.25, 0.3) is 0 Å². The van der Waals surface area contributed by atoms with E-state index in [0.29, 0.717) is 44.8 Å². The van der Waals surface area contributed by atoms with Crippen LogP contribution in [0.5, 0.6) is 0 Å². The molecule has 0 spiro atoms. The summed E-state index contributed by atoms with van der Waals surface area (Å²) in [5, 5.41) is 2.89. The van der Waals surface area contributed by atoms with Crippen molar-refractivity contribution >= 4 is 23.5 Å². The number of aryl methyl sites for hydroxylation is 1. The van der Waals surface area contributed by atoms with Gasteiger partial charge in [0.05, 0.1) is 5.92 Å². The lowest BCUT2D eigenvalue weighted by Crippen LogP contribution is -2.50. The van der Waals surface area contributed by atoms with E-state index in [-0.39, 0.29) is 29.6 Å². The highest BCUT2D eigenvalue weighted by Crippen LogP contribution is 2.27. The van der Waals surface area contributed by atoms with Gasteiger partial charge in [-0.15, -0.1) is 0 Å². The van der Waals surface area contributed by atoms with E-state index in [1.807, 2.05) is 49.6 Å². The van der Waals surface area contributed by atoms with Gasteiger partial charge < -0.3 is 15.1 Å². The van der Waals surface area contributed by atoms with Gasteiger partial charge in [0.15, 0.2) is 0 Å². The first-order valence-electron chi connectivity index (χ1n) is 11.0. The van der Waals surface area contributed by atoms with Crippen LogP contribution in [-0.2, 0) is 14.4 Å². The van der Waals surface area contributed by atoms with Crippen molar-refractivity contribution in [3.05, 3.63) is 23.9 Å². The minimum Gasteiger partial charge on any atom is -0.342 e. The van der Waals surface area contributed by atoms with Gasteiger partial charge >= 0.3 is 0 Å². The maximum absolute atomic E-state index is 13.1.